The first-order chi connectivity index (χ1) is 19.5. The van der Waals surface area contributed by atoms with E-state index in [2.05, 4.69) is 5.32 Å². The minimum absolute atomic E-state index is 0.0437. The highest BCUT2D eigenvalue weighted by Crippen LogP contribution is 2.23. The molecule has 41 heavy (non-hydrogen) atoms. The van der Waals surface area contributed by atoms with E-state index >= 15 is 0 Å². The van der Waals surface area contributed by atoms with Crippen LogP contribution < -0.4 is 9.62 Å². The van der Waals surface area contributed by atoms with Crippen molar-refractivity contribution in [1.29, 1.82) is 0 Å². The number of carbonyl (C=O) groups excluding carboxylic acids is 2. The number of nitrogens with one attached hydrogen (secondary N) is 1. The summed E-state index contributed by atoms with van der Waals surface area (Å²) in [5.41, 5.74) is 2.18. The SMILES string of the molecule is CC[C@@H](C)NC(=O)[C@@H](Cc1ccccc1)N(Cc1ccc(Cl)cc1)C(=O)CCCN(c1cccc(Cl)c1)S(C)(=O)=O. The van der Waals surface area contributed by atoms with E-state index in [0.717, 1.165) is 23.8 Å². The first-order valence-electron chi connectivity index (χ1n) is 13.6. The van der Waals surface area contributed by atoms with Gasteiger partial charge in [0.15, 0.2) is 0 Å². The van der Waals surface area contributed by atoms with Gasteiger partial charge in [-0.1, -0.05) is 78.7 Å². The predicted octanol–water partition coefficient (Wildman–Crippen LogP) is 6.09. The van der Waals surface area contributed by atoms with Gasteiger partial charge in [-0.05, 0) is 61.2 Å². The molecule has 0 fully saturated rings. The van der Waals surface area contributed by atoms with Crippen LogP contribution in [0.2, 0.25) is 10.0 Å². The molecule has 0 unspecified atom stereocenters. The first kappa shape index (κ1) is 32.4. The minimum atomic E-state index is -3.62. The van der Waals surface area contributed by atoms with Crippen LogP contribution in [0.15, 0.2) is 78.9 Å². The zero-order valence-electron chi connectivity index (χ0n) is 23.6. The number of sulfonamides is 1. The summed E-state index contributed by atoms with van der Waals surface area (Å²) < 4.78 is 26.4. The number of rotatable bonds is 14. The molecular formula is C31H37Cl2N3O4S. The van der Waals surface area contributed by atoms with Crippen molar-refractivity contribution in [1.82, 2.24) is 10.2 Å². The molecule has 0 aliphatic heterocycles. The Hall–Kier alpha value is -3.07. The molecule has 0 bridgehead atoms. The quantitative estimate of drug-likeness (QED) is 0.237. The summed E-state index contributed by atoms with van der Waals surface area (Å²) in [6, 6.07) is 22.5. The Morgan fingerprint density at radius 1 is 0.902 bits per heavy atom. The van der Waals surface area contributed by atoms with Crippen LogP contribution in [-0.2, 0) is 32.6 Å². The molecule has 0 saturated carbocycles. The lowest BCUT2D eigenvalue weighted by molar-refractivity contribution is -0.141. The van der Waals surface area contributed by atoms with Crippen LogP contribution in [0.5, 0.6) is 0 Å². The average Bonchev–Trinajstić information content (AvgIpc) is 2.93. The Bertz CT molecular complexity index is 1400. The monoisotopic (exact) mass is 617 g/mol. The molecular weight excluding hydrogens is 581 g/mol. The Kier molecular flexibility index (Phi) is 12.1. The molecule has 0 aliphatic carbocycles. The number of hydrogen-bond acceptors (Lipinski definition) is 4. The lowest BCUT2D eigenvalue weighted by atomic mass is 10.0. The number of hydrogen-bond donors (Lipinski definition) is 1. The molecule has 0 spiro atoms. The highest BCUT2D eigenvalue weighted by molar-refractivity contribution is 7.92. The molecule has 0 aromatic heterocycles. The van der Waals surface area contributed by atoms with E-state index in [0.29, 0.717) is 22.2 Å². The van der Waals surface area contributed by atoms with Crippen molar-refractivity contribution in [2.75, 3.05) is 17.1 Å². The molecule has 3 rings (SSSR count). The number of benzene rings is 3. The van der Waals surface area contributed by atoms with E-state index < -0.39 is 16.1 Å². The van der Waals surface area contributed by atoms with Gasteiger partial charge in [0.25, 0.3) is 0 Å². The number of anilines is 1. The van der Waals surface area contributed by atoms with Crippen molar-refractivity contribution < 1.29 is 18.0 Å². The number of carbonyl (C=O) groups is 2. The van der Waals surface area contributed by atoms with Gasteiger partial charge in [0.05, 0.1) is 11.9 Å². The average molecular weight is 619 g/mol. The summed E-state index contributed by atoms with van der Waals surface area (Å²) in [7, 11) is -3.62. The lowest BCUT2D eigenvalue weighted by Gasteiger charge is -2.32. The van der Waals surface area contributed by atoms with Crippen LogP contribution in [0, 0.1) is 0 Å². The van der Waals surface area contributed by atoms with E-state index in [1.165, 1.54) is 4.31 Å². The van der Waals surface area contributed by atoms with Gasteiger partial charge < -0.3 is 10.2 Å². The molecule has 3 aromatic carbocycles. The zero-order chi connectivity index (χ0) is 30.0. The third-order valence-electron chi connectivity index (χ3n) is 6.79. The normalized spacial score (nSPS) is 12.8. The summed E-state index contributed by atoms with van der Waals surface area (Å²) in [5.74, 6) is -0.484. The van der Waals surface area contributed by atoms with Crippen molar-refractivity contribution in [2.24, 2.45) is 0 Å². The molecule has 2 atom stereocenters. The lowest BCUT2D eigenvalue weighted by Crippen LogP contribution is -2.52. The maximum atomic E-state index is 13.9. The van der Waals surface area contributed by atoms with Crippen molar-refractivity contribution in [2.45, 2.75) is 58.2 Å². The zero-order valence-corrected chi connectivity index (χ0v) is 25.9. The van der Waals surface area contributed by atoms with Gasteiger partial charge in [0.1, 0.15) is 6.04 Å². The molecule has 1 N–H and O–H groups in total. The molecule has 0 saturated heterocycles. The first-order valence-corrected chi connectivity index (χ1v) is 16.2. The van der Waals surface area contributed by atoms with Gasteiger partial charge in [0.2, 0.25) is 21.8 Å². The van der Waals surface area contributed by atoms with Crippen LogP contribution in [0.4, 0.5) is 5.69 Å². The largest absolute Gasteiger partial charge is 0.352 e. The van der Waals surface area contributed by atoms with Crippen molar-refractivity contribution in [3.63, 3.8) is 0 Å². The third kappa shape index (κ3) is 10.1. The second kappa shape index (κ2) is 15.2. The van der Waals surface area contributed by atoms with Gasteiger partial charge in [0, 0.05) is 42.0 Å². The topological polar surface area (TPSA) is 86.8 Å². The maximum Gasteiger partial charge on any atom is 0.243 e. The van der Waals surface area contributed by atoms with E-state index in [9.17, 15) is 18.0 Å². The molecule has 0 radical (unpaired) electrons. The second-order valence-corrected chi connectivity index (χ2v) is 12.9. The standard InChI is InChI=1S/C31H37Cl2N3O4S/c1-4-23(2)34-31(38)29(20-24-10-6-5-7-11-24)35(22-25-15-17-26(32)18-16-25)30(37)14-9-19-36(41(3,39)40)28-13-8-12-27(33)21-28/h5-8,10-13,15-18,21,23,29H,4,9,14,19-20,22H2,1-3H3,(H,34,38)/t23-,29-/m1/s1. The van der Waals surface area contributed by atoms with Gasteiger partial charge >= 0.3 is 0 Å². The molecule has 0 aliphatic rings. The summed E-state index contributed by atoms with van der Waals surface area (Å²) in [6.45, 7) is 4.20. The van der Waals surface area contributed by atoms with Gasteiger partial charge in [-0.3, -0.25) is 13.9 Å². The van der Waals surface area contributed by atoms with Crippen LogP contribution in [0.25, 0.3) is 0 Å². The van der Waals surface area contributed by atoms with Crippen LogP contribution in [0.3, 0.4) is 0 Å². The summed E-state index contributed by atoms with van der Waals surface area (Å²) in [6.07, 6.45) is 2.50. The summed E-state index contributed by atoms with van der Waals surface area (Å²) in [5, 5.41) is 4.03. The van der Waals surface area contributed by atoms with Gasteiger partial charge in [-0.15, -0.1) is 0 Å². The minimum Gasteiger partial charge on any atom is -0.352 e. The van der Waals surface area contributed by atoms with Gasteiger partial charge in [-0.2, -0.15) is 0 Å². The number of halogens is 2. The summed E-state index contributed by atoms with van der Waals surface area (Å²) in [4.78, 5) is 29.1. The van der Waals surface area contributed by atoms with E-state index in [4.69, 9.17) is 23.2 Å². The molecule has 10 heteroatoms. The van der Waals surface area contributed by atoms with Gasteiger partial charge in [-0.25, -0.2) is 8.42 Å². The fourth-order valence-electron chi connectivity index (χ4n) is 4.42. The van der Waals surface area contributed by atoms with Crippen molar-refractivity contribution in [3.05, 3.63) is 100 Å². The number of amides is 2. The maximum absolute atomic E-state index is 13.9. The Morgan fingerprint density at radius 3 is 2.20 bits per heavy atom. The smallest absolute Gasteiger partial charge is 0.243 e. The fourth-order valence-corrected chi connectivity index (χ4v) is 5.68. The molecule has 7 nitrogen and oxygen atoms in total. The second-order valence-electron chi connectivity index (χ2n) is 10.1. The van der Waals surface area contributed by atoms with Crippen LogP contribution in [0.1, 0.15) is 44.2 Å². The molecule has 0 heterocycles. The van der Waals surface area contributed by atoms with E-state index in [1.807, 2.05) is 56.3 Å². The van der Waals surface area contributed by atoms with Crippen LogP contribution in [-0.4, -0.2) is 50.0 Å². The number of nitrogens with zero attached hydrogens (tertiary/aromatic N) is 2. The predicted molar refractivity (Wildman–Crippen MR) is 167 cm³/mol. The van der Waals surface area contributed by atoms with Crippen molar-refractivity contribution >= 4 is 50.7 Å². The Labute approximate surface area is 253 Å². The molecule has 220 valence electrons. The Balaban J connectivity index is 1.89. The summed E-state index contributed by atoms with van der Waals surface area (Å²) >= 11 is 12.2. The fraction of sp³-hybridized carbons (Fsp3) is 0.355. The highest BCUT2D eigenvalue weighted by Gasteiger charge is 2.31. The molecule has 3 aromatic rings. The highest BCUT2D eigenvalue weighted by atomic mass is 35.5. The Morgan fingerprint density at radius 2 is 1.59 bits per heavy atom. The van der Waals surface area contributed by atoms with Crippen LogP contribution >= 0.6 is 23.2 Å². The molecule has 2 amide bonds. The van der Waals surface area contributed by atoms with Crippen molar-refractivity contribution in [3.8, 4) is 0 Å². The third-order valence-corrected chi connectivity index (χ3v) is 8.47. The van der Waals surface area contributed by atoms with E-state index in [-0.39, 0.29) is 43.8 Å². The van der Waals surface area contributed by atoms with E-state index in [1.54, 1.807) is 41.3 Å².